The number of halogens is 1. The Morgan fingerprint density at radius 2 is 1.86 bits per heavy atom. The van der Waals surface area contributed by atoms with E-state index >= 15 is 0 Å². The number of nitrogens with zero attached hydrogens (tertiary/aromatic N) is 2. The van der Waals surface area contributed by atoms with E-state index < -0.39 is 0 Å². The van der Waals surface area contributed by atoms with Gasteiger partial charge in [-0.1, -0.05) is 31.5 Å². The monoisotopic (exact) mass is 287 g/mol. The molecule has 0 amide bonds. The van der Waals surface area contributed by atoms with Gasteiger partial charge in [-0.05, 0) is 44.5 Å². The van der Waals surface area contributed by atoms with Crippen molar-refractivity contribution in [1.29, 1.82) is 0 Å². The Morgan fingerprint density at radius 1 is 1.10 bits per heavy atom. The summed E-state index contributed by atoms with van der Waals surface area (Å²) in [5.41, 5.74) is 4.48. The molecule has 0 spiro atoms. The van der Waals surface area contributed by atoms with E-state index in [9.17, 15) is 4.39 Å². The zero-order valence-electron chi connectivity index (χ0n) is 13.1. The summed E-state index contributed by atoms with van der Waals surface area (Å²) in [6, 6.07) is 7.03. The Hall–Kier alpha value is -1.81. The first-order chi connectivity index (χ1) is 10.1. The summed E-state index contributed by atoms with van der Waals surface area (Å²) in [7, 11) is 0. The minimum Gasteiger partial charge on any atom is -0.306 e. The largest absolute Gasteiger partial charge is 0.306 e. The average Bonchev–Trinajstić information content (AvgIpc) is 2.47. The van der Waals surface area contributed by atoms with E-state index in [1.54, 1.807) is 6.07 Å². The van der Waals surface area contributed by atoms with Crippen LogP contribution in [0.2, 0.25) is 0 Å². The maximum Gasteiger partial charge on any atom is 0.128 e. The van der Waals surface area contributed by atoms with Crippen LogP contribution in [0.25, 0.3) is 0 Å². The SMILES string of the molecule is CCNC(c1cc(C)ccc1F)c1cc(C)nnc1CC. The zero-order chi connectivity index (χ0) is 15.4. The third-order valence-corrected chi connectivity index (χ3v) is 3.54. The van der Waals surface area contributed by atoms with E-state index in [-0.39, 0.29) is 11.9 Å². The fourth-order valence-electron chi connectivity index (χ4n) is 2.53. The second-order valence-corrected chi connectivity index (χ2v) is 5.26. The molecule has 0 aliphatic heterocycles. The molecular weight excluding hydrogens is 265 g/mol. The normalized spacial score (nSPS) is 12.4. The summed E-state index contributed by atoms with van der Waals surface area (Å²) in [4.78, 5) is 0. The summed E-state index contributed by atoms with van der Waals surface area (Å²) < 4.78 is 14.3. The van der Waals surface area contributed by atoms with E-state index in [0.717, 1.165) is 35.5 Å². The Kier molecular flexibility index (Phi) is 5.02. The maximum atomic E-state index is 14.3. The zero-order valence-corrected chi connectivity index (χ0v) is 13.1. The summed E-state index contributed by atoms with van der Waals surface area (Å²) in [6.07, 6.45) is 0.776. The second kappa shape index (κ2) is 6.76. The lowest BCUT2D eigenvalue weighted by atomic mass is 9.94. The summed E-state index contributed by atoms with van der Waals surface area (Å²) in [6.45, 7) is 8.70. The standard InChI is InChI=1S/C17H22FN3/c1-5-16-14(10-12(4)20-21-16)17(19-6-2)13-9-11(3)7-8-15(13)18/h7-10,17,19H,5-6H2,1-4H3. The van der Waals surface area contributed by atoms with E-state index in [1.807, 2.05) is 39.8 Å². The molecule has 0 saturated heterocycles. The number of rotatable bonds is 5. The average molecular weight is 287 g/mol. The Bertz CT molecular complexity index is 625. The van der Waals surface area contributed by atoms with Gasteiger partial charge < -0.3 is 5.32 Å². The quantitative estimate of drug-likeness (QED) is 0.914. The maximum absolute atomic E-state index is 14.3. The first-order valence-corrected chi connectivity index (χ1v) is 7.39. The van der Waals surface area contributed by atoms with Crippen LogP contribution in [0.4, 0.5) is 4.39 Å². The van der Waals surface area contributed by atoms with Crippen LogP contribution in [0, 0.1) is 19.7 Å². The van der Waals surface area contributed by atoms with Crippen LogP contribution in [0.3, 0.4) is 0 Å². The Labute approximate surface area is 125 Å². The van der Waals surface area contributed by atoms with Gasteiger partial charge >= 0.3 is 0 Å². The molecule has 1 unspecified atom stereocenters. The molecule has 0 aliphatic rings. The first kappa shape index (κ1) is 15.6. The van der Waals surface area contributed by atoms with Gasteiger partial charge in [0.1, 0.15) is 5.82 Å². The van der Waals surface area contributed by atoms with Crippen molar-refractivity contribution in [2.45, 2.75) is 40.2 Å². The molecule has 1 atom stereocenters. The van der Waals surface area contributed by atoms with Crippen LogP contribution in [0.5, 0.6) is 0 Å². The van der Waals surface area contributed by atoms with Crippen molar-refractivity contribution in [3.63, 3.8) is 0 Å². The van der Waals surface area contributed by atoms with Gasteiger partial charge in [0.15, 0.2) is 0 Å². The molecule has 1 aromatic carbocycles. The van der Waals surface area contributed by atoms with Gasteiger partial charge in [-0.15, -0.1) is 0 Å². The van der Waals surface area contributed by atoms with Crippen LogP contribution in [-0.4, -0.2) is 16.7 Å². The number of nitrogens with one attached hydrogen (secondary N) is 1. The van der Waals surface area contributed by atoms with Crippen molar-refractivity contribution in [2.75, 3.05) is 6.54 Å². The van der Waals surface area contributed by atoms with Gasteiger partial charge in [0.2, 0.25) is 0 Å². The molecule has 3 nitrogen and oxygen atoms in total. The molecule has 21 heavy (non-hydrogen) atoms. The summed E-state index contributed by atoms with van der Waals surface area (Å²) in [5.74, 6) is -0.192. The molecule has 1 aromatic heterocycles. The lowest BCUT2D eigenvalue weighted by molar-refractivity contribution is 0.553. The molecule has 1 heterocycles. The highest BCUT2D eigenvalue weighted by Gasteiger charge is 2.21. The number of benzene rings is 1. The van der Waals surface area contributed by atoms with Gasteiger partial charge in [0.25, 0.3) is 0 Å². The van der Waals surface area contributed by atoms with Crippen LogP contribution < -0.4 is 5.32 Å². The third kappa shape index (κ3) is 3.45. The fraction of sp³-hybridized carbons (Fsp3) is 0.412. The molecule has 0 bridgehead atoms. The third-order valence-electron chi connectivity index (χ3n) is 3.54. The highest BCUT2D eigenvalue weighted by atomic mass is 19.1. The number of hydrogen-bond acceptors (Lipinski definition) is 3. The molecule has 2 aromatic rings. The number of aryl methyl sites for hydroxylation is 3. The first-order valence-electron chi connectivity index (χ1n) is 7.39. The van der Waals surface area contributed by atoms with Gasteiger partial charge in [0.05, 0.1) is 17.4 Å². The van der Waals surface area contributed by atoms with E-state index in [2.05, 4.69) is 15.5 Å². The summed E-state index contributed by atoms with van der Waals surface area (Å²) >= 11 is 0. The molecule has 2 rings (SSSR count). The molecule has 0 radical (unpaired) electrons. The fourth-order valence-corrected chi connectivity index (χ4v) is 2.53. The predicted octanol–water partition coefficient (Wildman–Crippen LogP) is 3.49. The van der Waals surface area contributed by atoms with Crippen LogP contribution >= 0.6 is 0 Å². The molecule has 4 heteroatoms. The van der Waals surface area contributed by atoms with Crippen molar-refractivity contribution < 1.29 is 4.39 Å². The number of aromatic nitrogens is 2. The Morgan fingerprint density at radius 3 is 2.52 bits per heavy atom. The molecule has 112 valence electrons. The predicted molar refractivity (Wildman–Crippen MR) is 82.8 cm³/mol. The summed E-state index contributed by atoms with van der Waals surface area (Å²) in [5, 5.41) is 11.8. The van der Waals surface area contributed by atoms with Crippen molar-refractivity contribution in [3.8, 4) is 0 Å². The Balaban J connectivity index is 2.58. The van der Waals surface area contributed by atoms with Crippen LogP contribution in [0.15, 0.2) is 24.3 Å². The lowest BCUT2D eigenvalue weighted by Crippen LogP contribution is -2.25. The topological polar surface area (TPSA) is 37.8 Å². The van der Waals surface area contributed by atoms with E-state index in [4.69, 9.17) is 0 Å². The molecule has 1 N–H and O–H groups in total. The minimum atomic E-state index is -0.195. The van der Waals surface area contributed by atoms with Crippen molar-refractivity contribution >= 4 is 0 Å². The van der Waals surface area contributed by atoms with Gasteiger partial charge in [-0.2, -0.15) is 10.2 Å². The smallest absolute Gasteiger partial charge is 0.128 e. The number of hydrogen-bond donors (Lipinski definition) is 1. The molecular formula is C17H22FN3. The molecule has 0 saturated carbocycles. The van der Waals surface area contributed by atoms with Crippen molar-refractivity contribution in [2.24, 2.45) is 0 Å². The highest BCUT2D eigenvalue weighted by molar-refractivity contribution is 5.37. The lowest BCUT2D eigenvalue weighted by Gasteiger charge is -2.22. The van der Waals surface area contributed by atoms with Gasteiger partial charge in [0, 0.05) is 5.56 Å². The minimum absolute atomic E-state index is 0.192. The highest BCUT2D eigenvalue weighted by Crippen LogP contribution is 2.27. The second-order valence-electron chi connectivity index (χ2n) is 5.26. The van der Waals surface area contributed by atoms with Crippen molar-refractivity contribution in [3.05, 3.63) is 58.2 Å². The van der Waals surface area contributed by atoms with Crippen LogP contribution in [-0.2, 0) is 6.42 Å². The van der Waals surface area contributed by atoms with Gasteiger partial charge in [-0.25, -0.2) is 4.39 Å². The van der Waals surface area contributed by atoms with E-state index in [0.29, 0.717) is 5.56 Å². The van der Waals surface area contributed by atoms with Crippen LogP contribution in [0.1, 0.15) is 48.0 Å². The molecule has 0 fully saturated rings. The van der Waals surface area contributed by atoms with Crippen molar-refractivity contribution in [1.82, 2.24) is 15.5 Å². The van der Waals surface area contributed by atoms with Gasteiger partial charge in [-0.3, -0.25) is 0 Å². The van der Waals surface area contributed by atoms with E-state index in [1.165, 1.54) is 6.07 Å². The molecule has 0 aliphatic carbocycles.